The van der Waals surface area contributed by atoms with Crippen LogP contribution in [0.1, 0.15) is 68.9 Å². The summed E-state index contributed by atoms with van der Waals surface area (Å²) in [5.74, 6) is -2.45. The molecule has 75 heavy (non-hydrogen) atoms. The van der Waals surface area contributed by atoms with E-state index in [9.17, 15) is 41.8 Å². The van der Waals surface area contributed by atoms with Gasteiger partial charge in [-0.3, -0.25) is 9.59 Å². The van der Waals surface area contributed by atoms with Crippen molar-refractivity contribution in [3.05, 3.63) is 203 Å². The number of rotatable bonds is 14. The molecule has 10 rings (SSSR count). The van der Waals surface area contributed by atoms with Gasteiger partial charge in [-0.1, -0.05) is 24.3 Å². The van der Waals surface area contributed by atoms with Crippen LogP contribution >= 0.6 is 0 Å². The van der Waals surface area contributed by atoms with E-state index in [2.05, 4.69) is 0 Å². The number of carboxylic acid groups (broad SMARTS) is 1. The van der Waals surface area contributed by atoms with Crippen LogP contribution in [-0.4, -0.2) is 58.2 Å². The number of aromatic carboxylic acids is 1. The Balaban J connectivity index is 0.000000184. The van der Waals surface area contributed by atoms with Gasteiger partial charge >= 0.3 is 11.9 Å². The Morgan fingerprint density at radius 1 is 0.507 bits per heavy atom. The van der Waals surface area contributed by atoms with Crippen molar-refractivity contribution >= 4 is 35.1 Å². The van der Waals surface area contributed by atoms with E-state index >= 15 is 0 Å². The number of methoxy groups -OCH3 is 1. The van der Waals surface area contributed by atoms with Gasteiger partial charge in [0, 0.05) is 71.2 Å². The topological polar surface area (TPSA) is 133 Å². The van der Waals surface area contributed by atoms with Crippen molar-refractivity contribution in [3.8, 4) is 45.4 Å². The summed E-state index contributed by atoms with van der Waals surface area (Å²) in [5.41, 5.74) is 7.90. The monoisotopic (exact) mass is 1020 g/mol. The predicted octanol–water partition coefficient (Wildman–Crippen LogP) is 12.4. The van der Waals surface area contributed by atoms with Gasteiger partial charge in [-0.05, 0) is 159 Å². The summed E-state index contributed by atoms with van der Waals surface area (Å²) in [4.78, 5) is 52.6. The summed E-state index contributed by atoms with van der Waals surface area (Å²) in [6.07, 6.45) is 2.31. The molecule has 12 nitrogen and oxygen atoms in total. The lowest BCUT2D eigenvalue weighted by Crippen LogP contribution is -2.24. The number of halogens is 4. The Morgan fingerprint density at radius 2 is 0.907 bits per heavy atom. The molecule has 0 unspecified atom stereocenters. The Hall–Kier alpha value is -8.92. The summed E-state index contributed by atoms with van der Waals surface area (Å²) in [6.45, 7) is 5.14. The third-order valence-electron chi connectivity index (χ3n) is 13.0. The summed E-state index contributed by atoms with van der Waals surface area (Å²) >= 11 is 0. The number of aryl methyl sites for hydroxylation is 2. The van der Waals surface area contributed by atoms with Crippen LogP contribution in [0.5, 0.6) is 11.5 Å². The molecule has 4 heterocycles. The number of aromatic nitrogens is 2. The molecule has 2 aromatic heterocycles. The lowest BCUT2D eigenvalue weighted by Gasteiger charge is -2.21. The van der Waals surface area contributed by atoms with Gasteiger partial charge in [-0.15, -0.1) is 0 Å². The third-order valence-corrected chi connectivity index (χ3v) is 13.0. The van der Waals surface area contributed by atoms with Crippen LogP contribution in [0.3, 0.4) is 0 Å². The number of nitrogens with zero attached hydrogens (tertiary/aromatic N) is 4. The number of carbonyl (C=O) groups excluding carboxylic acids is 3. The smallest absolute Gasteiger partial charge is 0.337 e. The zero-order valence-electron chi connectivity index (χ0n) is 41.1. The minimum atomic E-state index is -1.12. The van der Waals surface area contributed by atoms with Crippen molar-refractivity contribution in [2.24, 2.45) is 0 Å². The van der Waals surface area contributed by atoms with Gasteiger partial charge in [0.25, 0.3) is 0 Å². The highest BCUT2D eigenvalue weighted by atomic mass is 19.1. The lowest BCUT2D eigenvalue weighted by atomic mass is 10.1. The number of hydrogen-bond acceptors (Lipinski definition) is 7. The normalized spacial score (nSPS) is 13.2. The standard InChI is InChI=1S/C30H26F2N2O4.C29H24F2N2O4/c1-19-5-11-27(26-16-23(32)10-12-28(26)38-18-20-6-8-22(31)9-7-20)34(19)25-15-21(30(36)37-2)14-24(17-25)33-13-3-4-29(33)35;1-18-4-10-26(25-15-22(31)9-11-27(25)37-17-19-5-7-21(30)8-6-19)33(18)24-14-20(29(35)36)13-23(16-24)32-12-2-3-28(32)34/h5-12,14-17H,3-4,13,18H2,1-2H3;4-11,13-16H,2-3,12,17H2,1H3,(H,35,36). The van der Waals surface area contributed by atoms with Gasteiger partial charge in [-0.2, -0.15) is 0 Å². The fraction of sp³-hybridized carbons (Fsp3) is 0.186. The van der Waals surface area contributed by atoms with Crippen molar-refractivity contribution in [2.45, 2.75) is 52.7 Å². The summed E-state index contributed by atoms with van der Waals surface area (Å²) in [7, 11) is 1.31. The molecule has 0 radical (unpaired) electrons. The summed E-state index contributed by atoms with van der Waals surface area (Å²) < 4.78 is 76.2. The van der Waals surface area contributed by atoms with E-state index in [1.807, 2.05) is 53.3 Å². The van der Waals surface area contributed by atoms with Crippen LogP contribution in [0, 0.1) is 37.1 Å². The van der Waals surface area contributed by atoms with Crippen molar-refractivity contribution in [2.75, 3.05) is 30.0 Å². The maximum absolute atomic E-state index is 14.5. The predicted molar refractivity (Wildman–Crippen MR) is 275 cm³/mol. The molecule has 2 amide bonds. The Bertz CT molecular complexity index is 3460. The quantitative estimate of drug-likeness (QED) is 0.0841. The second kappa shape index (κ2) is 22.1. The molecule has 0 aliphatic carbocycles. The fourth-order valence-corrected chi connectivity index (χ4v) is 9.28. The van der Waals surface area contributed by atoms with Gasteiger partial charge < -0.3 is 38.3 Å². The Morgan fingerprint density at radius 3 is 1.31 bits per heavy atom. The van der Waals surface area contributed by atoms with Crippen LogP contribution in [0.4, 0.5) is 28.9 Å². The molecule has 2 saturated heterocycles. The summed E-state index contributed by atoms with van der Waals surface area (Å²) in [5, 5.41) is 9.77. The second-order valence-electron chi connectivity index (χ2n) is 18.1. The number of hydrogen-bond donors (Lipinski definition) is 1. The molecule has 1 N–H and O–H groups in total. The van der Waals surface area contributed by atoms with Crippen molar-refractivity contribution in [1.82, 2.24) is 9.13 Å². The molecule has 8 aromatic rings. The third kappa shape index (κ3) is 11.3. The van der Waals surface area contributed by atoms with Crippen LogP contribution in [0.15, 0.2) is 146 Å². The van der Waals surface area contributed by atoms with E-state index < -0.39 is 23.6 Å². The maximum Gasteiger partial charge on any atom is 0.337 e. The largest absolute Gasteiger partial charge is 0.488 e. The number of carbonyl (C=O) groups is 4. The highest BCUT2D eigenvalue weighted by Crippen LogP contribution is 2.39. The first-order chi connectivity index (χ1) is 36.1. The number of benzene rings is 6. The first-order valence-corrected chi connectivity index (χ1v) is 24.1. The Labute approximate surface area is 429 Å². The number of esters is 1. The average molecular weight is 1020 g/mol. The molecule has 16 heteroatoms. The molecular formula is C59H50F4N4O8. The number of amides is 2. The van der Waals surface area contributed by atoms with Gasteiger partial charge in [0.15, 0.2) is 0 Å². The molecule has 0 saturated carbocycles. The molecule has 0 bridgehead atoms. The van der Waals surface area contributed by atoms with E-state index in [0.29, 0.717) is 94.7 Å². The Kier molecular flexibility index (Phi) is 15.0. The lowest BCUT2D eigenvalue weighted by molar-refractivity contribution is -0.117. The molecular weight excluding hydrogens is 969 g/mol. The van der Waals surface area contributed by atoms with Gasteiger partial charge in [-0.25, -0.2) is 27.2 Å². The molecule has 2 aliphatic heterocycles. The minimum absolute atomic E-state index is 0.0102. The van der Waals surface area contributed by atoms with E-state index in [1.165, 1.54) is 73.8 Å². The van der Waals surface area contributed by atoms with Crippen LogP contribution in [0.2, 0.25) is 0 Å². The van der Waals surface area contributed by atoms with Crippen molar-refractivity contribution < 1.29 is 56.1 Å². The van der Waals surface area contributed by atoms with E-state index in [0.717, 1.165) is 28.9 Å². The average Bonchev–Trinajstić information content (AvgIpc) is 4.24. The van der Waals surface area contributed by atoms with Crippen LogP contribution in [-0.2, 0) is 27.5 Å². The molecule has 2 aliphatic rings. The number of ether oxygens (including phenoxy) is 3. The van der Waals surface area contributed by atoms with Gasteiger partial charge in [0.05, 0.1) is 29.6 Å². The molecule has 382 valence electrons. The molecule has 0 spiro atoms. The maximum atomic E-state index is 14.5. The molecule has 0 atom stereocenters. The number of carboxylic acids is 1. The number of anilines is 2. The van der Waals surface area contributed by atoms with Gasteiger partial charge in [0.2, 0.25) is 11.8 Å². The molecule has 2 fully saturated rings. The zero-order chi connectivity index (χ0) is 52.9. The first-order valence-electron chi connectivity index (χ1n) is 24.1. The van der Waals surface area contributed by atoms with E-state index in [4.69, 9.17) is 14.2 Å². The summed E-state index contributed by atoms with van der Waals surface area (Å²) in [6, 6.07) is 37.7. The zero-order valence-corrected chi connectivity index (χ0v) is 41.1. The van der Waals surface area contributed by atoms with Crippen LogP contribution in [0.25, 0.3) is 33.9 Å². The van der Waals surface area contributed by atoms with Gasteiger partial charge in [0.1, 0.15) is 48.0 Å². The van der Waals surface area contributed by atoms with Crippen molar-refractivity contribution in [1.29, 1.82) is 0 Å². The second-order valence-corrected chi connectivity index (χ2v) is 18.1. The fourth-order valence-electron chi connectivity index (χ4n) is 9.28. The molecule has 6 aromatic carbocycles. The highest BCUT2D eigenvalue weighted by molar-refractivity contribution is 5.99. The highest BCUT2D eigenvalue weighted by Gasteiger charge is 2.27. The van der Waals surface area contributed by atoms with E-state index in [-0.39, 0.29) is 42.2 Å². The van der Waals surface area contributed by atoms with Crippen LogP contribution < -0.4 is 19.3 Å². The van der Waals surface area contributed by atoms with E-state index in [1.54, 1.807) is 58.3 Å². The first kappa shape index (κ1) is 51.0. The minimum Gasteiger partial charge on any atom is -0.488 e. The van der Waals surface area contributed by atoms with Crippen molar-refractivity contribution in [3.63, 3.8) is 0 Å². The SMILES string of the molecule is COC(=O)c1cc(N2CCCC2=O)cc(-n2c(C)ccc2-c2cc(F)ccc2OCc2ccc(F)cc2)c1.Cc1ccc(-c2cc(F)ccc2OCc2ccc(F)cc2)n1-c1cc(C(=O)O)cc(N2CCCC2=O)c1.